The standard InChI is InChI=1S/C15H19N3/c1-2-11-3-5-13(6-4-11)14(16)9-12-7-8-18-15(17)10-12/h3-8,10,14H,2,9,16H2,1H3,(H2,17,18). The van der Waals surface area contributed by atoms with Crippen molar-refractivity contribution in [3.63, 3.8) is 0 Å². The highest BCUT2D eigenvalue weighted by molar-refractivity contribution is 5.33. The summed E-state index contributed by atoms with van der Waals surface area (Å²) >= 11 is 0. The molecule has 0 amide bonds. The molecule has 3 heteroatoms. The fraction of sp³-hybridized carbons (Fsp3) is 0.267. The average molecular weight is 241 g/mol. The van der Waals surface area contributed by atoms with Gasteiger partial charge < -0.3 is 11.5 Å². The van der Waals surface area contributed by atoms with Gasteiger partial charge in [-0.25, -0.2) is 4.98 Å². The van der Waals surface area contributed by atoms with Crippen molar-refractivity contribution in [1.82, 2.24) is 4.98 Å². The van der Waals surface area contributed by atoms with Crippen LogP contribution in [-0.2, 0) is 12.8 Å². The Bertz CT molecular complexity index is 505. The number of nitrogen functional groups attached to an aromatic ring is 1. The van der Waals surface area contributed by atoms with Gasteiger partial charge in [-0.1, -0.05) is 31.2 Å². The first-order chi connectivity index (χ1) is 8.69. The number of aryl methyl sites for hydroxylation is 1. The fourth-order valence-corrected chi connectivity index (χ4v) is 1.99. The highest BCUT2D eigenvalue weighted by atomic mass is 14.8. The van der Waals surface area contributed by atoms with Crippen molar-refractivity contribution < 1.29 is 0 Å². The van der Waals surface area contributed by atoms with Crippen molar-refractivity contribution in [2.75, 3.05) is 5.73 Å². The molecule has 1 aromatic heterocycles. The molecule has 1 atom stereocenters. The molecule has 2 rings (SSSR count). The Balaban J connectivity index is 2.09. The van der Waals surface area contributed by atoms with Gasteiger partial charge in [0.1, 0.15) is 5.82 Å². The molecule has 0 aliphatic heterocycles. The van der Waals surface area contributed by atoms with Crippen LogP contribution < -0.4 is 11.5 Å². The molecule has 94 valence electrons. The fourth-order valence-electron chi connectivity index (χ4n) is 1.99. The summed E-state index contributed by atoms with van der Waals surface area (Å²) in [5.74, 6) is 0.543. The van der Waals surface area contributed by atoms with Gasteiger partial charge in [-0.15, -0.1) is 0 Å². The first-order valence-corrected chi connectivity index (χ1v) is 6.24. The highest BCUT2D eigenvalue weighted by Gasteiger charge is 2.07. The Kier molecular flexibility index (Phi) is 3.95. The molecular formula is C15H19N3. The topological polar surface area (TPSA) is 64.9 Å². The summed E-state index contributed by atoms with van der Waals surface area (Å²) < 4.78 is 0. The number of nitrogens with zero attached hydrogens (tertiary/aromatic N) is 1. The van der Waals surface area contributed by atoms with E-state index in [1.54, 1.807) is 6.20 Å². The van der Waals surface area contributed by atoms with Gasteiger partial charge in [0, 0.05) is 12.2 Å². The zero-order valence-electron chi connectivity index (χ0n) is 10.6. The van der Waals surface area contributed by atoms with Crippen molar-refractivity contribution in [2.45, 2.75) is 25.8 Å². The van der Waals surface area contributed by atoms with Crippen molar-refractivity contribution in [3.8, 4) is 0 Å². The number of anilines is 1. The summed E-state index contributed by atoms with van der Waals surface area (Å²) in [6.07, 6.45) is 3.55. The monoisotopic (exact) mass is 241 g/mol. The van der Waals surface area contributed by atoms with Gasteiger partial charge in [0.2, 0.25) is 0 Å². The molecule has 0 fully saturated rings. The van der Waals surface area contributed by atoms with Crippen LogP contribution in [0.4, 0.5) is 5.82 Å². The zero-order valence-corrected chi connectivity index (χ0v) is 10.6. The van der Waals surface area contributed by atoms with Gasteiger partial charge in [-0.2, -0.15) is 0 Å². The molecule has 18 heavy (non-hydrogen) atoms. The summed E-state index contributed by atoms with van der Waals surface area (Å²) in [5.41, 5.74) is 15.5. The second-order valence-electron chi connectivity index (χ2n) is 4.49. The minimum Gasteiger partial charge on any atom is -0.384 e. The van der Waals surface area contributed by atoms with Crippen LogP contribution in [0.2, 0.25) is 0 Å². The third-order valence-electron chi connectivity index (χ3n) is 3.12. The number of nitrogens with two attached hydrogens (primary N) is 2. The Morgan fingerprint density at radius 1 is 1.11 bits per heavy atom. The van der Waals surface area contributed by atoms with Gasteiger partial charge in [-0.3, -0.25) is 0 Å². The maximum Gasteiger partial charge on any atom is 0.123 e. The van der Waals surface area contributed by atoms with E-state index in [9.17, 15) is 0 Å². The van der Waals surface area contributed by atoms with E-state index in [1.165, 1.54) is 5.56 Å². The van der Waals surface area contributed by atoms with Crippen LogP contribution in [0.25, 0.3) is 0 Å². The Labute approximate surface area is 108 Å². The first-order valence-electron chi connectivity index (χ1n) is 6.24. The molecule has 0 spiro atoms. The number of hydrogen-bond acceptors (Lipinski definition) is 3. The van der Waals surface area contributed by atoms with Crippen LogP contribution in [0.3, 0.4) is 0 Å². The lowest BCUT2D eigenvalue weighted by molar-refractivity contribution is 0.721. The smallest absolute Gasteiger partial charge is 0.123 e. The number of pyridine rings is 1. The lowest BCUT2D eigenvalue weighted by Gasteiger charge is -2.12. The van der Waals surface area contributed by atoms with E-state index in [2.05, 4.69) is 36.2 Å². The number of aromatic nitrogens is 1. The van der Waals surface area contributed by atoms with E-state index in [0.717, 1.165) is 24.0 Å². The highest BCUT2D eigenvalue weighted by Crippen LogP contribution is 2.17. The SMILES string of the molecule is CCc1ccc(C(N)Cc2ccnc(N)c2)cc1. The van der Waals surface area contributed by atoms with E-state index in [-0.39, 0.29) is 6.04 Å². The van der Waals surface area contributed by atoms with Gasteiger partial charge in [0.05, 0.1) is 0 Å². The molecule has 1 unspecified atom stereocenters. The Morgan fingerprint density at radius 2 is 1.83 bits per heavy atom. The third kappa shape index (κ3) is 3.08. The number of benzene rings is 1. The average Bonchev–Trinajstić information content (AvgIpc) is 2.39. The summed E-state index contributed by atoms with van der Waals surface area (Å²) in [6, 6.07) is 12.3. The van der Waals surface area contributed by atoms with Gasteiger partial charge >= 0.3 is 0 Å². The van der Waals surface area contributed by atoms with Crippen LogP contribution in [0.15, 0.2) is 42.6 Å². The molecule has 1 aromatic carbocycles. The van der Waals surface area contributed by atoms with E-state index in [1.807, 2.05) is 12.1 Å². The largest absolute Gasteiger partial charge is 0.384 e. The predicted molar refractivity (Wildman–Crippen MR) is 75.1 cm³/mol. The molecule has 4 N–H and O–H groups in total. The predicted octanol–water partition coefficient (Wildman–Crippen LogP) is 2.47. The van der Waals surface area contributed by atoms with Gasteiger partial charge in [0.25, 0.3) is 0 Å². The van der Waals surface area contributed by atoms with Crippen molar-refractivity contribution in [3.05, 3.63) is 59.3 Å². The third-order valence-corrected chi connectivity index (χ3v) is 3.12. The second kappa shape index (κ2) is 5.65. The summed E-state index contributed by atoms with van der Waals surface area (Å²) in [5, 5.41) is 0. The van der Waals surface area contributed by atoms with Crippen LogP contribution in [0.1, 0.15) is 29.7 Å². The lowest BCUT2D eigenvalue weighted by Crippen LogP contribution is -2.13. The van der Waals surface area contributed by atoms with Crippen LogP contribution in [0, 0.1) is 0 Å². The second-order valence-corrected chi connectivity index (χ2v) is 4.49. The van der Waals surface area contributed by atoms with Crippen molar-refractivity contribution in [1.29, 1.82) is 0 Å². The van der Waals surface area contributed by atoms with Gasteiger partial charge in [-0.05, 0) is 41.7 Å². The van der Waals surface area contributed by atoms with Crippen LogP contribution in [0.5, 0.6) is 0 Å². The molecule has 0 aliphatic rings. The molecule has 0 aliphatic carbocycles. The summed E-state index contributed by atoms with van der Waals surface area (Å²) in [4.78, 5) is 3.98. The molecule has 0 radical (unpaired) electrons. The minimum atomic E-state index is -0.00212. The lowest BCUT2D eigenvalue weighted by atomic mass is 9.99. The molecule has 2 aromatic rings. The Hall–Kier alpha value is -1.87. The van der Waals surface area contributed by atoms with Crippen molar-refractivity contribution in [2.24, 2.45) is 5.73 Å². The van der Waals surface area contributed by atoms with Crippen LogP contribution in [-0.4, -0.2) is 4.98 Å². The quantitative estimate of drug-likeness (QED) is 0.864. The van der Waals surface area contributed by atoms with E-state index >= 15 is 0 Å². The summed E-state index contributed by atoms with van der Waals surface area (Å²) in [7, 11) is 0. The van der Waals surface area contributed by atoms with Crippen LogP contribution >= 0.6 is 0 Å². The molecule has 0 saturated carbocycles. The number of hydrogen-bond donors (Lipinski definition) is 2. The van der Waals surface area contributed by atoms with Gasteiger partial charge in [0.15, 0.2) is 0 Å². The summed E-state index contributed by atoms with van der Waals surface area (Å²) in [6.45, 7) is 2.15. The minimum absolute atomic E-state index is 0.00212. The normalized spacial score (nSPS) is 12.3. The first kappa shape index (κ1) is 12.6. The maximum absolute atomic E-state index is 6.21. The molecule has 0 saturated heterocycles. The van der Waals surface area contributed by atoms with Crippen molar-refractivity contribution >= 4 is 5.82 Å². The Morgan fingerprint density at radius 3 is 2.44 bits per heavy atom. The molecule has 0 bridgehead atoms. The molecule has 3 nitrogen and oxygen atoms in total. The van der Waals surface area contributed by atoms with E-state index in [4.69, 9.17) is 11.5 Å². The van der Waals surface area contributed by atoms with E-state index in [0.29, 0.717) is 5.82 Å². The number of rotatable bonds is 4. The zero-order chi connectivity index (χ0) is 13.0. The molecule has 1 heterocycles. The van der Waals surface area contributed by atoms with E-state index < -0.39 is 0 Å². The molecular weight excluding hydrogens is 222 g/mol. The maximum atomic E-state index is 6.21.